The van der Waals surface area contributed by atoms with Crippen LogP contribution >= 0.6 is 24.0 Å². The number of para-hydroxylation sites is 2. The van der Waals surface area contributed by atoms with Crippen molar-refractivity contribution in [3.05, 3.63) is 24.3 Å². The number of nitrogens with zero attached hydrogens (tertiary/aromatic N) is 3. The highest BCUT2D eigenvalue weighted by atomic mass is 127. The average molecular weight is 476 g/mol. The number of halogens is 1. The van der Waals surface area contributed by atoms with Crippen LogP contribution in [-0.2, 0) is 4.74 Å². The van der Waals surface area contributed by atoms with Crippen molar-refractivity contribution in [2.75, 3.05) is 65.5 Å². The fourth-order valence-corrected chi connectivity index (χ4v) is 3.13. The van der Waals surface area contributed by atoms with Crippen LogP contribution in [0.25, 0.3) is 0 Å². The molecule has 0 amide bonds. The maximum absolute atomic E-state index is 5.49. The van der Waals surface area contributed by atoms with Crippen LogP contribution in [0.15, 0.2) is 29.3 Å². The van der Waals surface area contributed by atoms with E-state index < -0.39 is 0 Å². The molecule has 1 N–H and O–H groups in total. The number of ether oxygens (including phenoxy) is 2. The lowest BCUT2D eigenvalue weighted by Gasteiger charge is -2.38. The third kappa shape index (κ3) is 6.83. The maximum Gasteiger partial charge on any atom is 0.193 e. The summed E-state index contributed by atoms with van der Waals surface area (Å²) in [4.78, 5) is 9.16. The molecule has 7 heteroatoms. The molecule has 0 spiro atoms. The average Bonchev–Trinajstić information content (AvgIpc) is 2.68. The summed E-state index contributed by atoms with van der Waals surface area (Å²) in [7, 11) is 5.35. The summed E-state index contributed by atoms with van der Waals surface area (Å²) < 4.78 is 10.6. The van der Waals surface area contributed by atoms with Gasteiger partial charge >= 0.3 is 0 Å². The molecule has 26 heavy (non-hydrogen) atoms. The zero-order valence-electron chi connectivity index (χ0n) is 16.2. The van der Waals surface area contributed by atoms with Crippen LogP contribution in [0.4, 0.5) is 5.69 Å². The predicted octanol–water partition coefficient (Wildman–Crippen LogP) is 2.83. The minimum atomic E-state index is 0. The first-order chi connectivity index (χ1) is 12.3. The Morgan fingerprint density at radius 2 is 1.81 bits per heavy atom. The Balaban J connectivity index is 0.00000338. The molecule has 1 aromatic carbocycles. The zero-order chi connectivity index (χ0) is 17.9. The summed E-state index contributed by atoms with van der Waals surface area (Å²) in [5, 5.41) is 3.49. The van der Waals surface area contributed by atoms with Crippen molar-refractivity contribution in [3.8, 4) is 5.75 Å². The summed E-state index contributed by atoms with van der Waals surface area (Å²) in [6, 6.07) is 8.22. The van der Waals surface area contributed by atoms with E-state index in [0.29, 0.717) is 0 Å². The fourth-order valence-electron chi connectivity index (χ4n) is 3.13. The second-order valence-corrected chi connectivity index (χ2v) is 6.17. The Morgan fingerprint density at radius 3 is 2.46 bits per heavy atom. The SMILES string of the molecule is CN=C(NCCCCCOC)N1CCN(c2ccccc2OC)CC1.I. The summed E-state index contributed by atoms with van der Waals surface area (Å²) in [6.45, 7) is 5.66. The summed E-state index contributed by atoms with van der Waals surface area (Å²) >= 11 is 0. The van der Waals surface area contributed by atoms with Gasteiger partial charge in [-0.3, -0.25) is 4.99 Å². The highest BCUT2D eigenvalue weighted by Gasteiger charge is 2.21. The number of hydrogen-bond donors (Lipinski definition) is 1. The van der Waals surface area contributed by atoms with E-state index in [4.69, 9.17) is 9.47 Å². The first-order valence-electron chi connectivity index (χ1n) is 9.12. The van der Waals surface area contributed by atoms with E-state index in [2.05, 4.69) is 32.2 Å². The Hall–Kier alpha value is -1.22. The molecule has 0 bridgehead atoms. The third-order valence-electron chi connectivity index (χ3n) is 4.53. The van der Waals surface area contributed by atoms with E-state index >= 15 is 0 Å². The van der Waals surface area contributed by atoms with Crippen molar-refractivity contribution in [2.24, 2.45) is 4.99 Å². The van der Waals surface area contributed by atoms with Gasteiger partial charge in [0.15, 0.2) is 5.96 Å². The van der Waals surface area contributed by atoms with Gasteiger partial charge in [-0.15, -0.1) is 24.0 Å². The van der Waals surface area contributed by atoms with Crippen molar-refractivity contribution in [2.45, 2.75) is 19.3 Å². The minimum absolute atomic E-state index is 0. The molecule has 0 aromatic heterocycles. The van der Waals surface area contributed by atoms with Crippen molar-refractivity contribution in [3.63, 3.8) is 0 Å². The number of nitrogens with one attached hydrogen (secondary N) is 1. The van der Waals surface area contributed by atoms with Crippen molar-refractivity contribution in [1.29, 1.82) is 0 Å². The molecule has 1 fully saturated rings. The second kappa shape index (κ2) is 13.0. The predicted molar refractivity (Wildman–Crippen MR) is 119 cm³/mol. The number of anilines is 1. The van der Waals surface area contributed by atoms with Gasteiger partial charge in [-0.05, 0) is 31.4 Å². The van der Waals surface area contributed by atoms with E-state index in [1.165, 1.54) is 12.1 Å². The monoisotopic (exact) mass is 476 g/mol. The molecule has 6 nitrogen and oxygen atoms in total. The Labute approximate surface area is 175 Å². The van der Waals surface area contributed by atoms with Crippen molar-refractivity contribution < 1.29 is 9.47 Å². The molecule has 1 saturated heterocycles. The van der Waals surface area contributed by atoms with E-state index in [1.54, 1.807) is 14.2 Å². The topological polar surface area (TPSA) is 49.3 Å². The zero-order valence-corrected chi connectivity index (χ0v) is 18.6. The van der Waals surface area contributed by atoms with Gasteiger partial charge in [0.2, 0.25) is 0 Å². The second-order valence-electron chi connectivity index (χ2n) is 6.17. The van der Waals surface area contributed by atoms with Gasteiger partial charge in [0.05, 0.1) is 12.8 Å². The Bertz CT molecular complexity index is 534. The lowest BCUT2D eigenvalue weighted by Crippen LogP contribution is -2.52. The van der Waals surface area contributed by atoms with Crippen LogP contribution < -0.4 is 15.0 Å². The molecule has 0 aliphatic carbocycles. The lowest BCUT2D eigenvalue weighted by atomic mass is 10.2. The number of rotatable bonds is 8. The molecule has 2 rings (SSSR count). The summed E-state index contributed by atoms with van der Waals surface area (Å²) in [6.07, 6.45) is 3.44. The summed E-state index contributed by atoms with van der Waals surface area (Å²) in [5.74, 6) is 1.95. The van der Waals surface area contributed by atoms with Crippen molar-refractivity contribution >= 4 is 35.6 Å². The summed E-state index contributed by atoms with van der Waals surface area (Å²) in [5.41, 5.74) is 1.17. The highest BCUT2D eigenvalue weighted by molar-refractivity contribution is 14.0. The van der Waals surface area contributed by atoms with E-state index in [0.717, 1.165) is 63.9 Å². The maximum atomic E-state index is 5.49. The normalized spacial score (nSPS) is 14.8. The molecule has 1 aliphatic rings. The van der Waals surface area contributed by atoms with Crippen LogP contribution in [-0.4, -0.2) is 71.5 Å². The van der Waals surface area contributed by atoms with Gasteiger partial charge in [0, 0.05) is 53.5 Å². The van der Waals surface area contributed by atoms with Crippen LogP contribution in [0.3, 0.4) is 0 Å². The molecular formula is C19H33IN4O2. The lowest BCUT2D eigenvalue weighted by molar-refractivity contribution is 0.192. The van der Waals surface area contributed by atoms with Gasteiger partial charge in [0.1, 0.15) is 5.75 Å². The number of guanidine groups is 1. The molecule has 1 aliphatic heterocycles. The molecule has 0 saturated carbocycles. The molecule has 0 atom stereocenters. The van der Waals surface area contributed by atoms with Gasteiger partial charge in [0.25, 0.3) is 0 Å². The van der Waals surface area contributed by atoms with Gasteiger partial charge in [-0.2, -0.15) is 0 Å². The molecule has 0 radical (unpaired) electrons. The van der Waals surface area contributed by atoms with Gasteiger partial charge in [-0.1, -0.05) is 12.1 Å². The molecular weight excluding hydrogens is 443 g/mol. The van der Waals surface area contributed by atoms with E-state index in [9.17, 15) is 0 Å². The van der Waals surface area contributed by atoms with Crippen LogP contribution in [0.5, 0.6) is 5.75 Å². The van der Waals surface area contributed by atoms with Crippen LogP contribution in [0.1, 0.15) is 19.3 Å². The molecule has 148 valence electrons. The molecule has 0 unspecified atom stereocenters. The fraction of sp³-hybridized carbons (Fsp3) is 0.632. The number of unbranched alkanes of at least 4 members (excludes halogenated alkanes) is 2. The van der Waals surface area contributed by atoms with Gasteiger partial charge in [-0.25, -0.2) is 0 Å². The smallest absolute Gasteiger partial charge is 0.193 e. The van der Waals surface area contributed by atoms with Crippen LogP contribution in [0.2, 0.25) is 0 Å². The number of aliphatic imine (C=N–C) groups is 1. The van der Waals surface area contributed by atoms with Gasteiger partial charge < -0.3 is 24.6 Å². The largest absolute Gasteiger partial charge is 0.495 e. The Morgan fingerprint density at radius 1 is 1.08 bits per heavy atom. The number of piperazine rings is 1. The quantitative estimate of drug-likeness (QED) is 0.271. The highest BCUT2D eigenvalue weighted by Crippen LogP contribution is 2.28. The number of benzene rings is 1. The molecule has 1 heterocycles. The number of hydrogen-bond acceptors (Lipinski definition) is 4. The standard InChI is InChI=1S/C19H32N4O2.HI/c1-20-19(21-11-7-4-8-16-24-2)23-14-12-22(13-15-23)17-9-5-6-10-18(17)25-3;/h5-6,9-10H,4,7-8,11-16H2,1-3H3,(H,20,21);1H. The first kappa shape index (κ1) is 22.8. The van der Waals surface area contributed by atoms with E-state index in [1.807, 2.05) is 19.2 Å². The number of methoxy groups -OCH3 is 2. The Kier molecular flexibility index (Phi) is 11.4. The van der Waals surface area contributed by atoms with Crippen molar-refractivity contribution in [1.82, 2.24) is 10.2 Å². The minimum Gasteiger partial charge on any atom is -0.495 e. The van der Waals surface area contributed by atoms with Crippen LogP contribution in [0, 0.1) is 0 Å². The van der Waals surface area contributed by atoms with E-state index in [-0.39, 0.29) is 24.0 Å². The molecule has 1 aromatic rings. The third-order valence-corrected chi connectivity index (χ3v) is 4.53. The first-order valence-corrected chi connectivity index (χ1v) is 9.12.